The fourth-order valence-electron chi connectivity index (χ4n) is 4.42. The fraction of sp³-hybridized carbons (Fsp3) is 0.364. The van der Waals surface area contributed by atoms with Crippen molar-refractivity contribution in [2.75, 3.05) is 19.7 Å². The number of aliphatic carboxylic acids is 1. The zero-order valence-corrected chi connectivity index (χ0v) is 15.8. The minimum atomic E-state index is -2.85. The van der Waals surface area contributed by atoms with Crippen molar-refractivity contribution in [2.24, 2.45) is 11.3 Å². The van der Waals surface area contributed by atoms with Crippen LogP contribution in [0.5, 0.6) is 0 Å². The summed E-state index contributed by atoms with van der Waals surface area (Å²) < 4.78 is 32.5. The Morgan fingerprint density at radius 3 is 2.17 bits per heavy atom. The van der Waals surface area contributed by atoms with Crippen LogP contribution in [0.3, 0.4) is 0 Å². The summed E-state index contributed by atoms with van der Waals surface area (Å²) in [6, 6.07) is 15.7. The number of benzene rings is 2. The van der Waals surface area contributed by atoms with Crippen molar-refractivity contribution in [2.45, 2.75) is 19.3 Å². The van der Waals surface area contributed by atoms with Crippen molar-refractivity contribution < 1.29 is 28.2 Å². The first-order chi connectivity index (χ1) is 13.8. The van der Waals surface area contributed by atoms with E-state index in [0.29, 0.717) is 0 Å². The molecule has 0 radical (unpaired) electrons. The van der Waals surface area contributed by atoms with Gasteiger partial charge in [-0.05, 0) is 22.3 Å². The first-order valence-corrected chi connectivity index (χ1v) is 9.44. The molecule has 5 nitrogen and oxygen atoms in total. The molecule has 0 saturated carbocycles. The minimum absolute atomic E-state index is 0.0620. The summed E-state index contributed by atoms with van der Waals surface area (Å²) in [6.07, 6.45) is -3.61. The Balaban J connectivity index is 1.50. The molecule has 0 bridgehead atoms. The van der Waals surface area contributed by atoms with Gasteiger partial charge in [0.25, 0.3) is 0 Å². The lowest BCUT2D eigenvalue weighted by atomic mass is 9.80. The van der Waals surface area contributed by atoms with Crippen molar-refractivity contribution in [1.82, 2.24) is 4.90 Å². The normalized spacial score (nSPS) is 23.2. The third-order valence-corrected chi connectivity index (χ3v) is 6.12. The first kappa shape index (κ1) is 19.4. The maximum Gasteiger partial charge on any atom is 0.409 e. The molecule has 1 aliphatic carbocycles. The van der Waals surface area contributed by atoms with Crippen molar-refractivity contribution >= 4 is 12.1 Å². The van der Waals surface area contributed by atoms with Crippen molar-refractivity contribution in [3.63, 3.8) is 0 Å². The minimum Gasteiger partial charge on any atom is -0.481 e. The van der Waals surface area contributed by atoms with E-state index in [0.717, 1.165) is 27.2 Å². The molecular formula is C22H21F2NO4. The van der Waals surface area contributed by atoms with Crippen molar-refractivity contribution in [3.05, 3.63) is 59.7 Å². The average Bonchev–Trinajstić information content (AvgIpc) is 3.23. The number of ether oxygens (including phenoxy) is 1. The number of hydrogen-bond donors (Lipinski definition) is 1. The van der Waals surface area contributed by atoms with Gasteiger partial charge in [0.05, 0.1) is 11.3 Å². The number of likely N-dealkylation sites (tertiary alicyclic amines) is 1. The zero-order valence-electron chi connectivity index (χ0n) is 15.8. The maximum atomic E-state index is 13.5. The predicted molar refractivity (Wildman–Crippen MR) is 102 cm³/mol. The number of carbonyl (C=O) groups excluding carboxylic acids is 1. The summed E-state index contributed by atoms with van der Waals surface area (Å²) >= 11 is 0. The van der Waals surface area contributed by atoms with Crippen LogP contribution < -0.4 is 0 Å². The predicted octanol–water partition coefficient (Wildman–Crippen LogP) is 4.22. The smallest absolute Gasteiger partial charge is 0.409 e. The van der Waals surface area contributed by atoms with Crippen LogP contribution in [0, 0.1) is 11.3 Å². The SMILES string of the molecule is CC1(C(F)F)CN(C(=O)OCC2c3ccccc3-c3ccccc32)CC1C(=O)O. The molecule has 4 rings (SSSR count). The average molecular weight is 401 g/mol. The molecular weight excluding hydrogens is 380 g/mol. The van der Waals surface area contributed by atoms with E-state index in [2.05, 4.69) is 0 Å². The van der Waals surface area contributed by atoms with Gasteiger partial charge >= 0.3 is 12.1 Å². The third-order valence-electron chi connectivity index (χ3n) is 6.12. The second-order valence-electron chi connectivity index (χ2n) is 7.88. The van der Waals surface area contributed by atoms with Gasteiger partial charge in [0, 0.05) is 19.0 Å². The zero-order chi connectivity index (χ0) is 20.8. The Morgan fingerprint density at radius 2 is 1.69 bits per heavy atom. The second kappa shape index (κ2) is 7.13. The molecule has 2 unspecified atom stereocenters. The van der Waals surface area contributed by atoms with E-state index in [1.165, 1.54) is 6.92 Å². The van der Waals surface area contributed by atoms with E-state index < -0.39 is 29.8 Å². The third kappa shape index (κ3) is 3.14. The van der Waals surface area contributed by atoms with E-state index in [9.17, 15) is 23.5 Å². The lowest BCUT2D eigenvalue weighted by Crippen LogP contribution is -2.38. The maximum absolute atomic E-state index is 13.5. The fourth-order valence-corrected chi connectivity index (χ4v) is 4.42. The van der Waals surface area contributed by atoms with Crippen LogP contribution in [-0.2, 0) is 9.53 Å². The molecule has 1 aliphatic heterocycles. The van der Waals surface area contributed by atoms with E-state index in [1.54, 1.807) is 0 Å². The van der Waals surface area contributed by atoms with E-state index >= 15 is 0 Å². The van der Waals surface area contributed by atoms with Crippen LogP contribution in [0.1, 0.15) is 24.0 Å². The van der Waals surface area contributed by atoms with Gasteiger partial charge in [-0.2, -0.15) is 0 Å². The molecule has 2 aliphatic rings. The summed E-state index contributed by atoms with van der Waals surface area (Å²) in [5, 5.41) is 9.31. The highest BCUT2D eigenvalue weighted by molar-refractivity contribution is 5.79. The quantitative estimate of drug-likeness (QED) is 0.833. The summed E-state index contributed by atoms with van der Waals surface area (Å²) in [5.74, 6) is -2.81. The molecule has 2 aromatic rings. The Morgan fingerprint density at radius 1 is 1.14 bits per heavy atom. The standard InChI is InChI=1S/C22H21F2NO4/c1-22(20(23)24)12-25(10-18(22)19(26)27)21(28)29-11-17-15-8-4-2-6-13(15)14-7-3-5-9-16(14)17/h2-9,17-18,20H,10-12H2,1H3,(H,26,27). The van der Waals surface area contributed by atoms with Gasteiger partial charge in [-0.15, -0.1) is 0 Å². The van der Waals surface area contributed by atoms with Gasteiger partial charge in [0.2, 0.25) is 6.43 Å². The van der Waals surface area contributed by atoms with Gasteiger partial charge in [-0.1, -0.05) is 55.5 Å². The van der Waals surface area contributed by atoms with E-state index in [1.807, 2.05) is 48.5 Å². The highest BCUT2D eigenvalue weighted by Gasteiger charge is 2.54. The van der Waals surface area contributed by atoms with Crippen molar-refractivity contribution in [3.8, 4) is 11.1 Å². The topological polar surface area (TPSA) is 66.8 Å². The molecule has 1 N–H and O–H groups in total. The molecule has 0 aromatic heterocycles. The van der Waals surface area contributed by atoms with Crippen LogP contribution in [0.15, 0.2) is 48.5 Å². The lowest BCUT2D eigenvalue weighted by molar-refractivity contribution is -0.148. The number of carboxylic acids is 1. The highest BCUT2D eigenvalue weighted by Crippen LogP contribution is 2.45. The molecule has 152 valence electrons. The first-order valence-electron chi connectivity index (χ1n) is 9.44. The summed E-state index contributed by atoms with van der Waals surface area (Å²) in [5.41, 5.74) is 2.47. The molecule has 1 fully saturated rings. The van der Waals surface area contributed by atoms with Crippen LogP contribution in [-0.4, -0.2) is 48.2 Å². The number of carbonyl (C=O) groups is 2. The van der Waals surface area contributed by atoms with Gasteiger partial charge in [0.1, 0.15) is 6.61 Å². The number of amides is 1. The largest absolute Gasteiger partial charge is 0.481 e. The molecule has 1 heterocycles. The van der Waals surface area contributed by atoms with Gasteiger partial charge in [0.15, 0.2) is 0 Å². The molecule has 29 heavy (non-hydrogen) atoms. The Bertz CT molecular complexity index is 918. The van der Waals surface area contributed by atoms with Crippen LogP contribution >= 0.6 is 0 Å². The highest BCUT2D eigenvalue weighted by atomic mass is 19.3. The van der Waals surface area contributed by atoms with E-state index in [-0.39, 0.29) is 25.6 Å². The number of fused-ring (bicyclic) bond motifs is 3. The summed E-state index contributed by atoms with van der Waals surface area (Å²) in [7, 11) is 0. The molecule has 2 aromatic carbocycles. The summed E-state index contributed by atoms with van der Waals surface area (Å²) in [4.78, 5) is 25.1. The number of hydrogen-bond acceptors (Lipinski definition) is 3. The van der Waals surface area contributed by atoms with E-state index in [4.69, 9.17) is 4.74 Å². The molecule has 0 spiro atoms. The van der Waals surface area contributed by atoms with Gasteiger partial charge in [-0.25, -0.2) is 13.6 Å². The molecule has 7 heteroatoms. The molecule has 1 saturated heterocycles. The van der Waals surface area contributed by atoms with Gasteiger partial charge in [-0.3, -0.25) is 4.79 Å². The second-order valence-corrected chi connectivity index (χ2v) is 7.88. The lowest BCUT2D eigenvalue weighted by Gasteiger charge is -2.26. The Hall–Kier alpha value is -2.96. The van der Waals surface area contributed by atoms with Crippen molar-refractivity contribution in [1.29, 1.82) is 0 Å². The Kier molecular flexibility index (Phi) is 4.76. The number of rotatable bonds is 4. The molecule has 2 atom stereocenters. The number of carboxylic acid groups (broad SMARTS) is 1. The summed E-state index contributed by atoms with van der Waals surface area (Å²) in [6.45, 7) is 0.630. The van der Waals surface area contributed by atoms with Gasteiger partial charge < -0.3 is 14.7 Å². The number of alkyl halides is 2. The number of nitrogens with zero attached hydrogens (tertiary/aromatic N) is 1. The number of halogens is 2. The van der Waals surface area contributed by atoms with Crippen LogP contribution in [0.25, 0.3) is 11.1 Å². The van der Waals surface area contributed by atoms with Crippen LogP contribution in [0.4, 0.5) is 13.6 Å². The van der Waals surface area contributed by atoms with Crippen LogP contribution in [0.2, 0.25) is 0 Å². The Labute approximate surface area is 166 Å². The monoisotopic (exact) mass is 401 g/mol. The molecule has 1 amide bonds.